The van der Waals surface area contributed by atoms with Crippen LogP contribution in [0.4, 0.5) is 5.69 Å². The van der Waals surface area contributed by atoms with Gasteiger partial charge in [-0.05, 0) is 30.9 Å². The number of rotatable bonds is 8. The van der Waals surface area contributed by atoms with E-state index in [0.29, 0.717) is 12.3 Å². The zero-order chi connectivity index (χ0) is 13.4. The molecule has 0 bridgehead atoms. The monoisotopic (exact) mass is 249 g/mol. The first kappa shape index (κ1) is 14.6. The Bertz CT molecular complexity index is 349. The van der Waals surface area contributed by atoms with E-state index in [1.807, 2.05) is 18.2 Å². The molecule has 100 valence electrons. The van der Waals surface area contributed by atoms with Crippen LogP contribution in [0.5, 0.6) is 0 Å². The highest BCUT2D eigenvalue weighted by atomic mass is 16.4. The molecule has 1 rings (SSSR count). The van der Waals surface area contributed by atoms with Crippen molar-refractivity contribution in [3.05, 3.63) is 30.3 Å². The average molecular weight is 249 g/mol. The number of carboxylic acids is 1. The van der Waals surface area contributed by atoms with Crippen molar-refractivity contribution < 1.29 is 9.90 Å². The summed E-state index contributed by atoms with van der Waals surface area (Å²) in [7, 11) is 0. The summed E-state index contributed by atoms with van der Waals surface area (Å²) in [5.41, 5.74) is 1.18. The first-order valence-electron chi connectivity index (χ1n) is 6.61. The van der Waals surface area contributed by atoms with E-state index in [9.17, 15) is 4.79 Å². The Morgan fingerprint density at radius 1 is 1.22 bits per heavy atom. The van der Waals surface area contributed by atoms with Crippen LogP contribution in [0.3, 0.4) is 0 Å². The number of nitrogens with zero attached hydrogens (tertiary/aromatic N) is 1. The predicted octanol–water partition coefficient (Wildman–Crippen LogP) is 3.40. The van der Waals surface area contributed by atoms with E-state index in [-0.39, 0.29) is 6.42 Å². The topological polar surface area (TPSA) is 40.5 Å². The van der Waals surface area contributed by atoms with E-state index in [0.717, 1.165) is 19.5 Å². The summed E-state index contributed by atoms with van der Waals surface area (Å²) in [5, 5.41) is 8.70. The van der Waals surface area contributed by atoms with Gasteiger partial charge in [-0.25, -0.2) is 0 Å². The number of benzene rings is 1. The molecule has 1 aromatic rings. The zero-order valence-corrected chi connectivity index (χ0v) is 11.3. The van der Waals surface area contributed by atoms with Gasteiger partial charge in [-0.15, -0.1) is 0 Å². The van der Waals surface area contributed by atoms with Crippen LogP contribution in [-0.2, 0) is 4.79 Å². The number of para-hydroxylation sites is 1. The molecule has 0 atom stereocenters. The molecule has 3 heteroatoms. The Labute approximate surface area is 109 Å². The van der Waals surface area contributed by atoms with E-state index in [1.54, 1.807) is 0 Å². The van der Waals surface area contributed by atoms with Crippen LogP contribution in [0.15, 0.2) is 30.3 Å². The highest BCUT2D eigenvalue weighted by molar-refractivity contribution is 5.66. The summed E-state index contributed by atoms with van der Waals surface area (Å²) in [6, 6.07) is 10.2. The Morgan fingerprint density at radius 2 is 1.89 bits per heavy atom. The molecule has 0 aliphatic carbocycles. The van der Waals surface area contributed by atoms with E-state index in [4.69, 9.17) is 5.11 Å². The maximum Gasteiger partial charge on any atom is 0.303 e. The van der Waals surface area contributed by atoms with Gasteiger partial charge in [0.2, 0.25) is 0 Å². The van der Waals surface area contributed by atoms with E-state index in [2.05, 4.69) is 30.9 Å². The second-order valence-electron chi connectivity index (χ2n) is 5.00. The summed E-state index contributed by atoms with van der Waals surface area (Å²) < 4.78 is 0. The molecule has 18 heavy (non-hydrogen) atoms. The van der Waals surface area contributed by atoms with Gasteiger partial charge in [0.15, 0.2) is 0 Å². The maximum atomic E-state index is 10.6. The molecule has 0 fully saturated rings. The predicted molar refractivity (Wildman–Crippen MR) is 75.0 cm³/mol. The van der Waals surface area contributed by atoms with E-state index >= 15 is 0 Å². The molecule has 0 aliphatic rings. The maximum absolute atomic E-state index is 10.6. The molecule has 0 amide bonds. The van der Waals surface area contributed by atoms with Crippen LogP contribution in [0.1, 0.15) is 33.1 Å². The summed E-state index contributed by atoms with van der Waals surface area (Å²) in [6.07, 6.45) is 2.06. The van der Waals surface area contributed by atoms with Crippen LogP contribution in [0.2, 0.25) is 0 Å². The average Bonchev–Trinajstić information content (AvgIpc) is 2.34. The number of carboxylic acid groups (broad SMARTS) is 1. The van der Waals surface area contributed by atoms with Crippen molar-refractivity contribution in [1.82, 2.24) is 0 Å². The quantitative estimate of drug-likeness (QED) is 0.767. The molecule has 0 unspecified atom stereocenters. The molecule has 1 aromatic carbocycles. The lowest BCUT2D eigenvalue weighted by atomic mass is 10.1. The van der Waals surface area contributed by atoms with Gasteiger partial charge in [0.25, 0.3) is 0 Å². The minimum atomic E-state index is -0.716. The Balaban J connectivity index is 2.55. The molecular weight excluding hydrogens is 226 g/mol. The second-order valence-corrected chi connectivity index (χ2v) is 5.00. The molecule has 0 aromatic heterocycles. The normalized spacial score (nSPS) is 10.6. The Hall–Kier alpha value is -1.51. The smallest absolute Gasteiger partial charge is 0.303 e. The molecule has 0 aliphatic heterocycles. The lowest BCUT2D eigenvalue weighted by Crippen LogP contribution is -2.27. The van der Waals surface area contributed by atoms with Gasteiger partial charge in [0.05, 0.1) is 0 Å². The highest BCUT2D eigenvalue weighted by Gasteiger charge is 2.08. The van der Waals surface area contributed by atoms with Gasteiger partial charge in [-0.2, -0.15) is 0 Å². The van der Waals surface area contributed by atoms with E-state index in [1.165, 1.54) is 5.69 Å². The molecule has 1 N–H and O–H groups in total. The number of carbonyl (C=O) groups is 1. The fourth-order valence-electron chi connectivity index (χ4n) is 1.84. The van der Waals surface area contributed by atoms with Gasteiger partial charge < -0.3 is 10.0 Å². The van der Waals surface area contributed by atoms with Crippen LogP contribution >= 0.6 is 0 Å². The van der Waals surface area contributed by atoms with Crippen LogP contribution in [-0.4, -0.2) is 24.2 Å². The summed E-state index contributed by atoms with van der Waals surface area (Å²) in [6.45, 7) is 6.21. The van der Waals surface area contributed by atoms with Crippen molar-refractivity contribution in [1.29, 1.82) is 0 Å². The molecule has 0 saturated carbocycles. The van der Waals surface area contributed by atoms with Gasteiger partial charge in [-0.1, -0.05) is 32.0 Å². The lowest BCUT2D eigenvalue weighted by molar-refractivity contribution is -0.137. The second kappa shape index (κ2) is 7.75. The standard InChI is InChI=1S/C15H23NO2/c1-13(2)10-12-16(11-6-9-15(17)18)14-7-4-3-5-8-14/h3-5,7-8,13H,6,9-12H2,1-2H3,(H,17,18). The van der Waals surface area contributed by atoms with Gasteiger partial charge in [0.1, 0.15) is 0 Å². The van der Waals surface area contributed by atoms with Crippen molar-refractivity contribution in [3.8, 4) is 0 Å². The first-order chi connectivity index (χ1) is 8.59. The Morgan fingerprint density at radius 3 is 2.44 bits per heavy atom. The molecule has 0 heterocycles. The number of hydrogen-bond donors (Lipinski definition) is 1. The SMILES string of the molecule is CC(C)CCN(CCCC(=O)O)c1ccccc1. The molecule has 0 radical (unpaired) electrons. The third-order valence-corrected chi connectivity index (χ3v) is 2.92. The summed E-state index contributed by atoms with van der Waals surface area (Å²) in [5.74, 6) is -0.0532. The molecule has 0 saturated heterocycles. The minimum absolute atomic E-state index is 0.241. The molecular formula is C15H23NO2. The Kier molecular flexibility index (Phi) is 6.26. The fourth-order valence-corrected chi connectivity index (χ4v) is 1.84. The highest BCUT2D eigenvalue weighted by Crippen LogP contribution is 2.16. The summed E-state index contributed by atoms with van der Waals surface area (Å²) >= 11 is 0. The molecule has 0 spiro atoms. The van der Waals surface area contributed by atoms with Crippen molar-refractivity contribution >= 4 is 11.7 Å². The number of anilines is 1. The number of hydrogen-bond acceptors (Lipinski definition) is 2. The third-order valence-electron chi connectivity index (χ3n) is 2.92. The van der Waals surface area contributed by atoms with Crippen LogP contribution in [0, 0.1) is 5.92 Å². The first-order valence-corrected chi connectivity index (χ1v) is 6.61. The van der Waals surface area contributed by atoms with Gasteiger partial charge in [0, 0.05) is 25.2 Å². The van der Waals surface area contributed by atoms with Crippen molar-refractivity contribution in [3.63, 3.8) is 0 Å². The van der Waals surface area contributed by atoms with Crippen molar-refractivity contribution in [2.45, 2.75) is 33.1 Å². The third kappa shape index (κ3) is 5.71. The zero-order valence-electron chi connectivity index (χ0n) is 11.3. The van der Waals surface area contributed by atoms with Gasteiger partial charge >= 0.3 is 5.97 Å². The van der Waals surface area contributed by atoms with Crippen molar-refractivity contribution in [2.75, 3.05) is 18.0 Å². The number of aliphatic carboxylic acids is 1. The van der Waals surface area contributed by atoms with E-state index < -0.39 is 5.97 Å². The minimum Gasteiger partial charge on any atom is -0.481 e. The van der Waals surface area contributed by atoms with Crippen LogP contribution in [0.25, 0.3) is 0 Å². The lowest BCUT2D eigenvalue weighted by Gasteiger charge is -2.25. The van der Waals surface area contributed by atoms with Crippen LogP contribution < -0.4 is 4.90 Å². The molecule has 3 nitrogen and oxygen atoms in total. The fraction of sp³-hybridized carbons (Fsp3) is 0.533. The largest absolute Gasteiger partial charge is 0.481 e. The van der Waals surface area contributed by atoms with Gasteiger partial charge in [-0.3, -0.25) is 4.79 Å². The summed E-state index contributed by atoms with van der Waals surface area (Å²) in [4.78, 5) is 12.8. The van der Waals surface area contributed by atoms with Crippen molar-refractivity contribution in [2.24, 2.45) is 5.92 Å².